The van der Waals surface area contributed by atoms with E-state index >= 15 is 0 Å². The van der Waals surface area contributed by atoms with Gasteiger partial charge in [-0.25, -0.2) is 0 Å². The molecule has 0 aliphatic heterocycles. The fraction of sp³-hybridized carbons (Fsp3) is 0.222. The van der Waals surface area contributed by atoms with Gasteiger partial charge in [0.1, 0.15) is 0 Å². The van der Waals surface area contributed by atoms with Gasteiger partial charge in [0.05, 0.1) is 0 Å². The Bertz CT molecular complexity index is 151. The van der Waals surface area contributed by atoms with E-state index in [0.29, 0.717) is 0 Å². The van der Waals surface area contributed by atoms with E-state index < -0.39 is 0 Å². The number of hydrogen-bond acceptors (Lipinski definition) is 1. The third-order valence-corrected chi connectivity index (χ3v) is 0.843. The molecule has 1 N–H and O–H groups in total. The topological polar surface area (TPSA) is 20.2 Å². The summed E-state index contributed by atoms with van der Waals surface area (Å²) in [6.45, 7) is 5.65. The first-order valence-electron chi connectivity index (χ1n) is 3.29. The minimum atomic E-state index is 0. The monoisotopic (exact) mass is 201 g/mol. The molecular weight excluding hydrogens is 189 g/mol. The second-order valence-electron chi connectivity index (χ2n) is 1.80. The van der Waals surface area contributed by atoms with Gasteiger partial charge in [0.25, 0.3) is 0 Å². The van der Waals surface area contributed by atoms with E-state index in [1.165, 1.54) is 0 Å². The summed E-state index contributed by atoms with van der Waals surface area (Å²) in [4.78, 5) is 0. The van der Waals surface area contributed by atoms with Gasteiger partial charge in [-0.15, -0.1) is 12.1 Å². The van der Waals surface area contributed by atoms with Crippen molar-refractivity contribution in [1.29, 1.82) is 0 Å². The molecule has 0 spiro atoms. The quantitative estimate of drug-likeness (QED) is 0.503. The first-order valence-corrected chi connectivity index (χ1v) is 3.29. The van der Waals surface area contributed by atoms with Crippen molar-refractivity contribution in [2.24, 2.45) is 0 Å². The second kappa shape index (κ2) is 9.67. The summed E-state index contributed by atoms with van der Waals surface area (Å²) in [5, 5.41) is 7.57. The number of hydrogen-bond donors (Lipinski definition) is 1. The fourth-order valence-electron chi connectivity index (χ4n) is 0.478. The molecule has 0 heterocycles. The van der Waals surface area contributed by atoms with Gasteiger partial charge >= 0.3 is 0 Å². The largest absolute Gasteiger partial charge is 0.397 e. The molecule has 1 aromatic rings. The Morgan fingerprint density at radius 2 is 1.64 bits per heavy atom. The normalized spacial score (nSPS) is 7.09. The van der Waals surface area contributed by atoms with Crippen molar-refractivity contribution in [1.82, 2.24) is 0 Å². The van der Waals surface area contributed by atoms with Gasteiger partial charge in [-0.1, -0.05) is 6.07 Å². The number of benzene rings is 1. The molecule has 0 saturated heterocycles. The van der Waals surface area contributed by atoms with E-state index in [0.717, 1.165) is 5.56 Å². The van der Waals surface area contributed by atoms with Crippen LogP contribution in [0.3, 0.4) is 0 Å². The van der Waals surface area contributed by atoms with E-state index in [4.69, 9.17) is 5.11 Å². The molecule has 58 valence electrons. The maximum Gasteiger partial charge on any atom is 0.0402 e. The average molecular weight is 203 g/mol. The molecule has 0 fully saturated rings. The minimum Gasteiger partial charge on any atom is -0.397 e. The molecule has 0 aliphatic rings. The Hall–Kier alpha value is -0.327. The molecule has 1 aromatic carbocycles. The van der Waals surface area contributed by atoms with Crippen LogP contribution in [0.15, 0.2) is 30.3 Å². The van der Waals surface area contributed by atoms with E-state index in [9.17, 15) is 0 Å². The zero-order valence-electron chi connectivity index (χ0n) is 6.96. The minimum absolute atomic E-state index is 0. The van der Waals surface area contributed by atoms with Crippen molar-refractivity contribution in [3.05, 3.63) is 42.8 Å². The van der Waals surface area contributed by atoms with Gasteiger partial charge in [0.2, 0.25) is 0 Å². The predicted molar refractivity (Wildman–Crippen MR) is 43.7 cm³/mol. The van der Waals surface area contributed by atoms with Gasteiger partial charge < -0.3 is 5.11 Å². The molecule has 11 heavy (non-hydrogen) atoms. The molecule has 0 atom stereocenters. The number of rotatable bonds is 0. The predicted octanol–water partition coefficient (Wildman–Crippen LogP) is 1.86. The number of aliphatic hydroxyl groups excluding tert-OH is 1. The summed E-state index contributed by atoms with van der Waals surface area (Å²) in [6.07, 6.45) is 0. The van der Waals surface area contributed by atoms with Crippen LogP contribution in [0.25, 0.3) is 0 Å². The van der Waals surface area contributed by atoms with Gasteiger partial charge in [0, 0.05) is 26.1 Å². The van der Waals surface area contributed by atoms with Crippen molar-refractivity contribution in [2.45, 2.75) is 6.92 Å². The molecule has 0 unspecified atom stereocenters. The Balaban J connectivity index is 0. The molecule has 0 bridgehead atoms. The van der Waals surface area contributed by atoms with Crippen LogP contribution in [0.5, 0.6) is 0 Å². The Morgan fingerprint density at radius 1 is 1.27 bits per heavy atom. The Labute approximate surface area is 81.2 Å². The van der Waals surface area contributed by atoms with Crippen LogP contribution in [0.2, 0.25) is 0 Å². The molecule has 0 saturated carbocycles. The number of aliphatic hydroxyl groups is 1. The van der Waals surface area contributed by atoms with E-state index in [1.54, 1.807) is 6.92 Å². The van der Waals surface area contributed by atoms with Crippen molar-refractivity contribution in [2.75, 3.05) is 6.61 Å². The summed E-state index contributed by atoms with van der Waals surface area (Å²) in [5.41, 5.74) is 1.07. The molecule has 0 radical (unpaired) electrons. The van der Waals surface area contributed by atoms with E-state index in [2.05, 4.69) is 6.92 Å². The summed E-state index contributed by atoms with van der Waals surface area (Å²) in [7, 11) is 0. The van der Waals surface area contributed by atoms with Crippen molar-refractivity contribution in [3.63, 3.8) is 0 Å². The van der Waals surface area contributed by atoms with E-state index in [1.807, 2.05) is 30.3 Å². The van der Waals surface area contributed by atoms with Crippen LogP contribution >= 0.6 is 0 Å². The van der Waals surface area contributed by atoms with Crippen LogP contribution in [0.1, 0.15) is 12.5 Å². The fourth-order valence-corrected chi connectivity index (χ4v) is 0.478. The van der Waals surface area contributed by atoms with Crippen molar-refractivity contribution >= 4 is 0 Å². The van der Waals surface area contributed by atoms with Gasteiger partial charge in [-0.05, 0) is 6.92 Å². The van der Waals surface area contributed by atoms with Gasteiger partial charge in [-0.3, -0.25) is 0 Å². The summed E-state index contributed by atoms with van der Waals surface area (Å²) >= 11 is 0. The van der Waals surface area contributed by atoms with Crippen molar-refractivity contribution < 1.29 is 24.6 Å². The molecular formula is C9H13OZn-. The zero-order chi connectivity index (χ0) is 7.82. The Morgan fingerprint density at radius 3 is 1.82 bits per heavy atom. The third-order valence-electron chi connectivity index (χ3n) is 0.843. The van der Waals surface area contributed by atoms with Crippen LogP contribution in [0, 0.1) is 6.92 Å². The SMILES string of the molecule is CCO.[CH2-]c1ccccc1.[Zn]. The molecule has 1 nitrogen and oxygen atoms in total. The van der Waals surface area contributed by atoms with Crippen LogP contribution in [0.4, 0.5) is 0 Å². The van der Waals surface area contributed by atoms with Crippen LogP contribution in [-0.4, -0.2) is 11.7 Å². The second-order valence-corrected chi connectivity index (χ2v) is 1.80. The standard InChI is InChI=1S/C7H7.C2H6O.Zn/c1-7-5-3-2-4-6-7;1-2-3;/h2-6H,1H2;3H,2H2,1H3;/q-1;;. The summed E-state index contributed by atoms with van der Waals surface area (Å²) in [5.74, 6) is 0. The molecule has 0 aromatic heterocycles. The summed E-state index contributed by atoms with van der Waals surface area (Å²) in [6, 6.07) is 9.87. The Kier molecular flexibility index (Phi) is 11.7. The molecule has 0 aliphatic carbocycles. The maximum atomic E-state index is 7.57. The first kappa shape index (κ1) is 13.3. The van der Waals surface area contributed by atoms with Crippen LogP contribution < -0.4 is 0 Å². The molecule has 2 heteroatoms. The van der Waals surface area contributed by atoms with Crippen molar-refractivity contribution in [3.8, 4) is 0 Å². The molecule has 1 rings (SSSR count). The first-order chi connectivity index (χ1) is 4.81. The smallest absolute Gasteiger partial charge is 0.0402 e. The van der Waals surface area contributed by atoms with Gasteiger partial charge in [-0.2, -0.15) is 24.6 Å². The van der Waals surface area contributed by atoms with Gasteiger partial charge in [0.15, 0.2) is 0 Å². The maximum absolute atomic E-state index is 7.57. The average Bonchev–Trinajstić information content (AvgIpc) is 1.91. The third kappa shape index (κ3) is 9.67. The van der Waals surface area contributed by atoms with Crippen LogP contribution in [-0.2, 0) is 19.5 Å². The molecule has 0 amide bonds. The zero-order valence-corrected chi connectivity index (χ0v) is 9.92. The van der Waals surface area contributed by atoms with E-state index in [-0.39, 0.29) is 26.1 Å². The summed E-state index contributed by atoms with van der Waals surface area (Å²) < 4.78 is 0.